The standard InChI is InChI=1S/C19H18ClN3O5/c1-11-5-4-6-13(20)17(11)27-10-12-7-8-15(28-12)18(24)22-14-9-21-23(2)16(14)19(25)26-3/h4-9H,10H2,1-3H3,(H,22,24). The highest BCUT2D eigenvalue weighted by molar-refractivity contribution is 6.32. The Hall–Kier alpha value is -3.26. The number of carbonyl (C=O) groups is 2. The van der Waals surface area contributed by atoms with Crippen molar-refractivity contribution in [3.05, 3.63) is 64.3 Å². The summed E-state index contributed by atoms with van der Waals surface area (Å²) in [6, 6.07) is 8.60. The normalized spacial score (nSPS) is 10.6. The number of carbonyl (C=O) groups excluding carboxylic acids is 2. The topological polar surface area (TPSA) is 95.6 Å². The summed E-state index contributed by atoms with van der Waals surface area (Å²) >= 11 is 6.13. The first-order chi connectivity index (χ1) is 13.4. The lowest BCUT2D eigenvalue weighted by Crippen LogP contribution is -2.16. The Kier molecular flexibility index (Phi) is 5.70. The van der Waals surface area contributed by atoms with Gasteiger partial charge in [0.25, 0.3) is 5.91 Å². The number of hydrogen-bond acceptors (Lipinski definition) is 6. The number of rotatable bonds is 6. The highest BCUT2D eigenvalue weighted by atomic mass is 35.5. The van der Waals surface area contributed by atoms with Gasteiger partial charge >= 0.3 is 5.97 Å². The molecule has 0 aliphatic heterocycles. The number of aromatic nitrogens is 2. The summed E-state index contributed by atoms with van der Waals surface area (Å²) in [6.45, 7) is 1.99. The summed E-state index contributed by atoms with van der Waals surface area (Å²) in [5.41, 5.74) is 1.24. The number of amides is 1. The summed E-state index contributed by atoms with van der Waals surface area (Å²) in [5, 5.41) is 7.04. The Morgan fingerprint density at radius 3 is 2.79 bits per heavy atom. The second-order valence-corrected chi connectivity index (χ2v) is 6.32. The molecule has 0 saturated heterocycles. The van der Waals surface area contributed by atoms with E-state index in [0.29, 0.717) is 16.5 Å². The Morgan fingerprint density at radius 1 is 1.29 bits per heavy atom. The van der Waals surface area contributed by atoms with Crippen LogP contribution in [0.3, 0.4) is 0 Å². The highest BCUT2D eigenvalue weighted by Gasteiger charge is 2.21. The molecule has 1 N–H and O–H groups in total. The summed E-state index contributed by atoms with van der Waals surface area (Å²) in [6.07, 6.45) is 1.36. The minimum atomic E-state index is -0.612. The Labute approximate surface area is 166 Å². The van der Waals surface area contributed by atoms with E-state index >= 15 is 0 Å². The molecule has 9 heteroatoms. The number of esters is 1. The summed E-state index contributed by atoms with van der Waals surface area (Å²) < 4.78 is 17.2. The van der Waals surface area contributed by atoms with Gasteiger partial charge in [-0.1, -0.05) is 23.7 Å². The number of nitrogens with zero attached hydrogens (tertiary/aromatic N) is 2. The van der Waals surface area contributed by atoms with Gasteiger partial charge in [-0.2, -0.15) is 5.10 Å². The number of aryl methyl sites for hydroxylation is 2. The van der Waals surface area contributed by atoms with Gasteiger partial charge in [-0.3, -0.25) is 9.48 Å². The molecule has 0 aliphatic carbocycles. The second kappa shape index (κ2) is 8.18. The van der Waals surface area contributed by atoms with Crippen molar-refractivity contribution in [2.24, 2.45) is 7.05 Å². The van der Waals surface area contributed by atoms with Crippen LogP contribution in [0.5, 0.6) is 5.75 Å². The molecule has 8 nitrogen and oxygen atoms in total. The molecule has 1 amide bonds. The molecule has 1 aromatic carbocycles. The van der Waals surface area contributed by atoms with E-state index in [1.165, 1.54) is 24.1 Å². The van der Waals surface area contributed by atoms with E-state index in [1.54, 1.807) is 19.2 Å². The first-order valence-corrected chi connectivity index (χ1v) is 8.66. The summed E-state index contributed by atoms with van der Waals surface area (Å²) in [7, 11) is 2.82. The number of ether oxygens (including phenoxy) is 2. The molecule has 146 valence electrons. The monoisotopic (exact) mass is 403 g/mol. The zero-order valence-electron chi connectivity index (χ0n) is 15.5. The molecule has 0 radical (unpaired) electrons. The predicted molar refractivity (Wildman–Crippen MR) is 102 cm³/mol. The van der Waals surface area contributed by atoms with Gasteiger partial charge < -0.3 is 19.2 Å². The number of para-hydroxylation sites is 1. The van der Waals surface area contributed by atoms with E-state index < -0.39 is 11.9 Å². The number of hydrogen-bond donors (Lipinski definition) is 1. The van der Waals surface area contributed by atoms with Crippen LogP contribution in [-0.4, -0.2) is 28.8 Å². The van der Waals surface area contributed by atoms with E-state index in [9.17, 15) is 9.59 Å². The van der Waals surface area contributed by atoms with Crippen molar-refractivity contribution in [1.82, 2.24) is 9.78 Å². The lowest BCUT2D eigenvalue weighted by Gasteiger charge is -2.09. The van der Waals surface area contributed by atoms with Crippen LogP contribution in [0.15, 0.2) is 40.9 Å². The molecular formula is C19H18ClN3O5. The zero-order chi connectivity index (χ0) is 20.3. The third-order valence-electron chi connectivity index (χ3n) is 3.97. The van der Waals surface area contributed by atoms with Gasteiger partial charge in [0.05, 0.1) is 24.0 Å². The first kappa shape index (κ1) is 19.5. The molecular weight excluding hydrogens is 386 g/mol. The largest absolute Gasteiger partial charge is 0.484 e. The maximum Gasteiger partial charge on any atom is 0.358 e. The molecule has 0 unspecified atom stereocenters. The first-order valence-electron chi connectivity index (χ1n) is 8.29. The summed E-state index contributed by atoms with van der Waals surface area (Å²) in [5.74, 6) is -0.0695. The maximum absolute atomic E-state index is 12.4. The predicted octanol–water partition coefficient (Wildman–Crippen LogP) is 3.59. The number of benzene rings is 1. The number of halogens is 1. The zero-order valence-corrected chi connectivity index (χ0v) is 16.2. The van der Waals surface area contributed by atoms with E-state index in [4.69, 9.17) is 25.5 Å². The Bertz CT molecular complexity index is 1000. The number of methoxy groups -OCH3 is 1. The maximum atomic E-state index is 12.4. The Morgan fingerprint density at radius 2 is 2.07 bits per heavy atom. The van der Waals surface area contributed by atoms with Crippen LogP contribution >= 0.6 is 11.6 Å². The smallest absolute Gasteiger partial charge is 0.358 e. The van der Waals surface area contributed by atoms with Crippen molar-refractivity contribution < 1.29 is 23.5 Å². The Balaban J connectivity index is 1.69. The molecule has 0 saturated carbocycles. The quantitative estimate of drug-likeness (QED) is 0.632. The molecule has 0 fully saturated rings. The molecule has 28 heavy (non-hydrogen) atoms. The minimum Gasteiger partial charge on any atom is -0.484 e. The van der Waals surface area contributed by atoms with Crippen LogP contribution in [0.1, 0.15) is 32.4 Å². The fourth-order valence-corrected chi connectivity index (χ4v) is 2.85. The van der Waals surface area contributed by atoms with Crippen molar-refractivity contribution in [2.75, 3.05) is 12.4 Å². The second-order valence-electron chi connectivity index (χ2n) is 5.92. The lowest BCUT2D eigenvalue weighted by molar-refractivity contribution is 0.0589. The van der Waals surface area contributed by atoms with Crippen LogP contribution in [0.25, 0.3) is 0 Å². The molecule has 2 heterocycles. The number of furan rings is 1. The van der Waals surface area contributed by atoms with E-state index in [-0.39, 0.29) is 23.7 Å². The van der Waals surface area contributed by atoms with Crippen molar-refractivity contribution in [3.63, 3.8) is 0 Å². The molecule has 3 aromatic rings. The van der Waals surface area contributed by atoms with Gasteiger partial charge in [-0.25, -0.2) is 4.79 Å². The fourth-order valence-electron chi connectivity index (χ4n) is 2.57. The van der Waals surface area contributed by atoms with Gasteiger partial charge in [0.2, 0.25) is 0 Å². The molecule has 0 spiro atoms. The van der Waals surface area contributed by atoms with Crippen molar-refractivity contribution in [1.29, 1.82) is 0 Å². The van der Waals surface area contributed by atoms with Crippen molar-refractivity contribution in [2.45, 2.75) is 13.5 Å². The van der Waals surface area contributed by atoms with E-state index in [2.05, 4.69) is 10.4 Å². The van der Waals surface area contributed by atoms with Gasteiger partial charge in [-0.05, 0) is 30.7 Å². The van der Waals surface area contributed by atoms with Gasteiger partial charge in [0.15, 0.2) is 11.5 Å². The number of nitrogens with one attached hydrogen (secondary N) is 1. The average molecular weight is 404 g/mol. The van der Waals surface area contributed by atoms with Gasteiger partial charge in [0.1, 0.15) is 18.1 Å². The SMILES string of the molecule is COC(=O)c1c(NC(=O)c2ccc(COc3c(C)cccc3Cl)o2)cnn1C. The minimum absolute atomic E-state index is 0.0640. The van der Waals surface area contributed by atoms with Gasteiger partial charge in [-0.15, -0.1) is 0 Å². The van der Waals surface area contributed by atoms with Crippen LogP contribution in [-0.2, 0) is 18.4 Å². The average Bonchev–Trinajstić information content (AvgIpc) is 3.28. The van der Waals surface area contributed by atoms with Crippen LogP contribution in [0.4, 0.5) is 5.69 Å². The summed E-state index contributed by atoms with van der Waals surface area (Å²) in [4.78, 5) is 24.3. The number of anilines is 1. The van der Waals surface area contributed by atoms with Crippen LogP contribution in [0.2, 0.25) is 5.02 Å². The van der Waals surface area contributed by atoms with Gasteiger partial charge in [0, 0.05) is 7.05 Å². The molecule has 2 aromatic heterocycles. The molecule has 3 rings (SSSR count). The lowest BCUT2D eigenvalue weighted by atomic mass is 10.2. The molecule has 0 atom stereocenters. The third kappa shape index (κ3) is 4.01. The van der Waals surface area contributed by atoms with E-state index in [1.807, 2.05) is 19.1 Å². The highest BCUT2D eigenvalue weighted by Crippen LogP contribution is 2.29. The van der Waals surface area contributed by atoms with Crippen molar-refractivity contribution >= 4 is 29.2 Å². The molecule has 0 bridgehead atoms. The molecule has 0 aliphatic rings. The third-order valence-corrected chi connectivity index (χ3v) is 4.27. The van der Waals surface area contributed by atoms with Crippen LogP contribution < -0.4 is 10.1 Å². The van der Waals surface area contributed by atoms with E-state index in [0.717, 1.165) is 5.56 Å². The van der Waals surface area contributed by atoms with Crippen molar-refractivity contribution in [3.8, 4) is 5.75 Å². The van der Waals surface area contributed by atoms with Crippen LogP contribution in [0, 0.1) is 6.92 Å². The fraction of sp³-hybridized carbons (Fsp3) is 0.211.